The van der Waals surface area contributed by atoms with Crippen LogP contribution in [0.15, 0.2) is 27.1 Å². The molecule has 1 aromatic carbocycles. The van der Waals surface area contributed by atoms with Gasteiger partial charge in [0.15, 0.2) is 0 Å². The summed E-state index contributed by atoms with van der Waals surface area (Å²) in [6.45, 7) is -0.0108. The monoisotopic (exact) mass is 393 g/mol. The maximum absolute atomic E-state index is 11.5. The summed E-state index contributed by atoms with van der Waals surface area (Å²) in [5.41, 5.74) is 5.70. The van der Waals surface area contributed by atoms with Gasteiger partial charge >= 0.3 is 11.8 Å². The molecule has 0 aliphatic heterocycles. The van der Waals surface area contributed by atoms with Crippen LogP contribution in [0.2, 0.25) is 0 Å². The zero-order valence-electron chi connectivity index (χ0n) is 9.00. The molecule has 8 heteroatoms. The molecule has 0 saturated carbocycles. The van der Waals surface area contributed by atoms with Gasteiger partial charge in [0, 0.05) is 8.95 Å². The standard InChI is InChI=1S/C10H9Br2N3O2S/c11-5-1-2-7(6(12)3-5)15-10(17)9(16)14-4-8(13)18/h1-3H,4H2,(H2,13,18)(H,14,16)(H,15,17). The molecule has 1 aromatic rings. The van der Waals surface area contributed by atoms with Crippen molar-refractivity contribution in [2.75, 3.05) is 11.9 Å². The quantitative estimate of drug-likeness (QED) is 0.536. The van der Waals surface area contributed by atoms with Crippen molar-refractivity contribution < 1.29 is 9.59 Å². The Kier molecular flexibility index (Phi) is 5.70. The van der Waals surface area contributed by atoms with E-state index in [1.54, 1.807) is 18.2 Å². The number of hydrogen-bond acceptors (Lipinski definition) is 3. The molecular weight excluding hydrogens is 386 g/mol. The number of anilines is 1. The average molecular weight is 395 g/mol. The van der Waals surface area contributed by atoms with E-state index in [0.717, 1.165) is 4.47 Å². The summed E-state index contributed by atoms with van der Waals surface area (Å²) >= 11 is 11.1. The van der Waals surface area contributed by atoms with Crippen LogP contribution < -0.4 is 16.4 Å². The first-order valence-corrected chi connectivity index (χ1v) is 6.72. The smallest absolute Gasteiger partial charge is 0.313 e. The summed E-state index contributed by atoms with van der Waals surface area (Å²) < 4.78 is 1.51. The summed E-state index contributed by atoms with van der Waals surface area (Å²) in [7, 11) is 0. The van der Waals surface area contributed by atoms with E-state index in [9.17, 15) is 9.59 Å². The molecule has 18 heavy (non-hydrogen) atoms. The second-order valence-corrected chi connectivity index (χ2v) is 5.52. The number of nitrogens with two attached hydrogens (primary N) is 1. The van der Waals surface area contributed by atoms with Crippen LogP contribution >= 0.6 is 44.1 Å². The van der Waals surface area contributed by atoms with Gasteiger partial charge in [0.25, 0.3) is 0 Å². The lowest BCUT2D eigenvalue weighted by Crippen LogP contribution is -2.39. The van der Waals surface area contributed by atoms with Gasteiger partial charge in [0.1, 0.15) is 0 Å². The Balaban J connectivity index is 2.64. The highest BCUT2D eigenvalue weighted by molar-refractivity contribution is 9.11. The lowest BCUT2D eigenvalue weighted by Gasteiger charge is -2.07. The van der Waals surface area contributed by atoms with Crippen LogP contribution in [0.3, 0.4) is 0 Å². The van der Waals surface area contributed by atoms with Crippen LogP contribution in [-0.4, -0.2) is 23.3 Å². The Labute approximate surface area is 126 Å². The summed E-state index contributed by atoms with van der Waals surface area (Å²) in [6, 6.07) is 5.16. The fourth-order valence-corrected chi connectivity index (χ4v) is 2.24. The molecule has 0 atom stereocenters. The molecule has 5 nitrogen and oxygen atoms in total. The maximum Gasteiger partial charge on any atom is 0.313 e. The molecule has 0 spiro atoms. The molecular formula is C10H9Br2N3O2S. The zero-order chi connectivity index (χ0) is 13.7. The Morgan fingerprint density at radius 2 is 1.94 bits per heavy atom. The molecule has 1 rings (SSSR count). The molecule has 0 aliphatic carbocycles. The van der Waals surface area contributed by atoms with Crippen molar-refractivity contribution in [2.24, 2.45) is 5.73 Å². The number of halogens is 2. The Bertz CT molecular complexity index is 508. The van der Waals surface area contributed by atoms with Gasteiger partial charge in [-0.2, -0.15) is 0 Å². The molecule has 2 amide bonds. The van der Waals surface area contributed by atoms with Crippen LogP contribution in [0.25, 0.3) is 0 Å². The number of carbonyl (C=O) groups is 2. The molecule has 0 bridgehead atoms. The van der Waals surface area contributed by atoms with Gasteiger partial charge in [-0.1, -0.05) is 28.1 Å². The molecule has 0 radical (unpaired) electrons. The Morgan fingerprint density at radius 1 is 1.28 bits per heavy atom. The normalized spacial score (nSPS) is 9.67. The van der Waals surface area contributed by atoms with Crippen LogP contribution in [0.4, 0.5) is 5.69 Å². The fraction of sp³-hybridized carbons (Fsp3) is 0.100. The van der Waals surface area contributed by atoms with Crippen molar-refractivity contribution in [1.82, 2.24) is 5.32 Å². The van der Waals surface area contributed by atoms with Crippen molar-refractivity contribution in [2.45, 2.75) is 0 Å². The first-order valence-electron chi connectivity index (χ1n) is 4.72. The van der Waals surface area contributed by atoms with Gasteiger partial charge in [-0.15, -0.1) is 0 Å². The minimum atomic E-state index is -0.794. The number of carbonyl (C=O) groups excluding carboxylic acids is 2. The molecule has 0 fully saturated rings. The molecule has 96 valence electrons. The largest absolute Gasteiger partial charge is 0.392 e. The third kappa shape index (κ3) is 4.71. The lowest BCUT2D eigenvalue weighted by atomic mass is 10.3. The number of nitrogens with one attached hydrogen (secondary N) is 2. The van der Waals surface area contributed by atoms with Gasteiger partial charge < -0.3 is 16.4 Å². The minimum absolute atomic E-state index is 0.0108. The number of benzene rings is 1. The Morgan fingerprint density at radius 3 is 2.50 bits per heavy atom. The molecule has 0 saturated heterocycles. The fourth-order valence-electron chi connectivity index (χ4n) is 1.02. The summed E-state index contributed by atoms with van der Waals surface area (Å²) in [5.74, 6) is -1.58. The molecule has 0 aromatic heterocycles. The van der Waals surface area contributed by atoms with E-state index in [1.165, 1.54) is 0 Å². The van der Waals surface area contributed by atoms with E-state index in [0.29, 0.717) is 10.2 Å². The molecule has 4 N–H and O–H groups in total. The van der Waals surface area contributed by atoms with Gasteiger partial charge in [-0.25, -0.2) is 0 Å². The predicted molar refractivity (Wildman–Crippen MR) is 80.3 cm³/mol. The van der Waals surface area contributed by atoms with Gasteiger partial charge in [-0.3, -0.25) is 9.59 Å². The van der Waals surface area contributed by atoms with E-state index >= 15 is 0 Å². The van der Waals surface area contributed by atoms with Crippen molar-refractivity contribution >= 4 is 66.6 Å². The third-order valence-electron chi connectivity index (χ3n) is 1.81. The van der Waals surface area contributed by atoms with Crippen molar-refractivity contribution in [1.29, 1.82) is 0 Å². The average Bonchev–Trinajstić information content (AvgIpc) is 2.29. The van der Waals surface area contributed by atoms with Crippen LogP contribution in [0.1, 0.15) is 0 Å². The van der Waals surface area contributed by atoms with Gasteiger partial charge in [0.2, 0.25) is 0 Å². The van der Waals surface area contributed by atoms with E-state index in [-0.39, 0.29) is 11.5 Å². The maximum atomic E-state index is 11.5. The predicted octanol–water partition coefficient (Wildman–Crippen LogP) is 1.55. The van der Waals surface area contributed by atoms with Crippen molar-refractivity contribution in [3.05, 3.63) is 27.1 Å². The topological polar surface area (TPSA) is 84.2 Å². The minimum Gasteiger partial charge on any atom is -0.392 e. The highest BCUT2D eigenvalue weighted by atomic mass is 79.9. The molecule has 0 unspecified atom stereocenters. The summed E-state index contributed by atoms with van der Waals surface area (Å²) in [6.07, 6.45) is 0. The Hall–Kier alpha value is -0.990. The highest BCUT2D eigenvalue weighted by Crippen LogP contribution is 2.25. The summed E-state index contributed by atoms with van der Waals surface area (Å²) in [5, 5.41) is 4.75. The van der Waals surface area contributed by atoms with E-state index in [4.69, 9.17) is 5.73 Å². The number of rotatable bonds is 3. The second-order valence-electron chi connectivity index (χ2n) is 3.23. The van der Waals surface area contributed by atoms with Gasteiger partial charge in [0.05, 0.1) is 17.2 Å². The first-order chi connectivity index (χ1) is 8.40. The van der Waals surface area contributed by atoms with E-state index in [1.807, 2.05) is 0 Å². The molecule has 0 heterocycles. The summed E-state index contributed by atoms with van der Waals surface area (Å²) in [4.78, 5) is 23.0. The van der Waals surface area contributed by atoms with Crippen molar-refractivity contribution in [3.8, 4) is 0 Å². The van der Waals surface area contributed by atoms with Crippen LogP contribution in [0.5, 0.6) is 0 Å². The van der Waals surface area contributed by atoms with Crippen molar-refractivity contribution in [3.63, 3.8) is 0 Å². The number of amides is 2. The first kappa shape index (κ1) is 15.1. The number of hydrogen-bond donors (Lipinski definition) is 3. The van der Waals surface area contributed by atoms with Crippen LogP contribution in [0, 0.1) is 0 Å². The lowest BCUT2D eigenvalue weighted by molar-refractivity contribution is -0.135. The third-order valence-corrected chi connectivity index (χ3v) is 3.10. The van der Waals surface area contributed by atoms with E-state index in [2.05, 4.69) is 54.7 Å². The second kappa shape index (κ2) is 6.81. The zero-order valence-corrected chi connectivity index (χ0v) is 13.0. The SMILES string of the molecule is NC(=S)CNC(=O)C(=O)Nc1ccc(Br)cc1Br. The van der Waals surface area contributed by atoms with E-state index < -0.39 is 11.8 Å². The molecule has 0 aliphatic rings. The van der Waals surface area contributed by atoms with Crippen LogP contribution in [-0.2, 0) is 9.59 Å². The highest BCUT2D eigenvalue weighted by Gasteiger charge is 2.14. The van der Waals surface area contributed by atoms with Gasteiger partial charge in [-0.05, 0) is 34.1 Å². The number of thiocarbonyl (C=S) groups is 1.